The molecule has 3 aromatic rings. The summed E-state index contributed by atoms with van der Waals surface area (Å²) in [4.78, 5) is 11.7. The zero-order valence-corrected chi connectivity index (χ0v) is 18.2. The molecule has 0 saturated heterocycles. The minimum atomic E-state index is -3.50. The van der Waals surface area contributed by atoms with Crippen molar-refractivity contribution < 1.29 is 13.3 Å². The Morgan fingerprint density at radius 3 is 2.76 bits per heavy atom. The van der Waals surface area contributed by atoms with E-state index in [0.717, 1.165) is 40.4 Å². The number of thiophene rings is 1. The normalized spacial score (nSPS) is 11.5. The number of nitro benzene ring substituents is 1. The number of thioether (sulfide) groups is 1. The molecule has 0 aliphatic heterocycles. The molecule has 9 nitrogen and oxygen atoms in total. The Bertz CT molecular complexity index is 1110. The monoisotopic (exact) mass is 453 g/mol. The average molecular weight is 454 g/mol. The van der Waals surface area contributed by atoms with Crippen LogP contribution in [-0.2, 0) is 16.9 Å². The molecule has 154 valence electrons. The number of nitro groups is 1. The van der Waals surface area contributed by atoms with Crippen molar-refractivity contribution in [2.24, 2.45) is 7.05 Å². The number of anilines is 1. The molecule has 2 heterocycles. The lowest BCUT2D eigenvalue weighted by Crippen LogP contribution is -2.07. The van der Waals surface area contributed by atoms with E-state index < -0.39 is 14.8 Å². The maximum absolute atomic E-state index is 11.6. The number of hydrogen-bond acceptors (Lipinski definition) is 9. The first kappa shape index (κ1) is 21.3. The lowest BCUT2D eigenvalue weighted by molar-refractivity contribution is -0.384. The second-order valence-corrected chi connectivity index (χ2v) is 10.2. The largest absolute Gasteiger partial charge is 0.379 e. The predicted octanol–water partition coefficient (Wildman–Crippen LogP) is 3.45. The Balaban J connectivity index is 1.55. The van der Waals surface area contributed by atoms with E-state index >= 15 is 0 Å². The van der Waals surface area contributed by atoms with Crippen LogP contribution in [0, 0.1) is 10.1 Å². The lowest BCUT2D eigenvalue weighted by atomic mass is 10.2. The standard InChI is InChI=1S/C17H19N5O4S3/c1-21-16(15-5-3-9-27-15)19-20-17(21)28-10-4-8-18-13-7-6-12(29(2,25)26)11-14(13)22(23)24/h3,5-7,9,11,18H,4,8,10H2,1-2H3. The van der Waals surface area contributed by atoms with Crippen LogP contribution in [0.1, 0.15) is 6.42 Å². The van der Waals surface area contributed by atoms with E-state index in [-0.39, 0.29) is 10.6 Å². The van der Waals surface area contributed by atoms with Crippen LogP contribution in [0.15, 0.2) is 45.8 Å². The highest BCUT2D eigenvalue weighted by atomic mass is 32.2. The Labute approximate surface area is 176 Å². The van der Waals surface area contributed by atoms with Gasteiger partial charge in [0, 0.05) is 31.7 Å². The van der Waals surface area contributed by atoms with E-state index in [0.29, 0.717) is 12.2 Å². The Morgan fingerprint density at radius 2 is 2.10 bits per heavy atom. The molecule has 0 fully saturated rings. The third-order valence-electron chi connectivity index (χ3n) is 4.04. The Kier molecular flexibility index (Phi) is 6.55. The summed E-state index contributed by atoms with van der Waals surface area (Å²) < 4.78 is 25.1. The van der Waals surface area contributed by atoms with Crippen LogP contribution in [-0.4, -0.2) is 46.7 Å². The molecule has 0 aliphatic carbocycles. The topological polar surface area (TPSA) is 120 Å². The molecule has 0 bridgehead atoms. The SMILES string of the molecule is Cn1c(SCCCNc2ccc(S(C)(=O)=O)cc2[N+](=O)[O-])nnc1-c1cccs1. The fourth-order valence-electron chi connectivity index (χ4n) is 2.56. The van der Waals surface area contributed by atoms with Gasteiger partial charge in [0.1, 0.15) is 5.69 Å². The molecular formula is C17H19N5O4S3. The van der Waals surface area contributed by atoms with Gasteiger partial charge in [0.05, 0.1) is 14.7 Å². The van der Waals surface area contributed by atoms with Crippen molar-refractivity contribution in [1.82, 2.24) is 14.8 Å². The summed E-state index contributed by atoms with van der Waals surface area (Å²) in [7, 11) is -1.58. The van der Waals surface area contributed by atoms with Crippen LogP contribution in [0.3, 0.4) is 0 Å². The number of sulfone groups is 1. The van der Waals surface area contributed by atoms with Crippen molar-refractivity contribution >= 4 is 44.3 Å². The number of nitrogens with zero attached hydrogens (tertiary/aromatic N) is 4. The summed E-state index contributed by atoms with van der Waals surface area (Å²) in [6.07, 6.45) is 1.75. The summed E-state index contributed by atoms with van der Waals surface area (Å²) in [5.41, 5.74) is 0.0421. The molecule has 1 N–H and O–H groups in total. The second kappa shape index (κ2) is 8.93. The Hall–Kier alpha value is -2.44. The zero-order chi connectivity index (χ0) is 21.0. The molecule has 0 aliphatic rings. The number of benzene rings is 1. The van der Waals surface area contributed by atoms with Gasteiger partial charge in [0.15, 0.2) is 20.8 Å². The first-order chi connectivity index (χ1) is 13.8. The van der Waals surface area contributed by atoms with Gasteiger partial charge in [-0.15, -0.1) is 21.5 Å². The molecule has 0 radical (unpaired) electrons. The van der Waals surface area contributed by atoms with Crippen molar-refractivity contribution in [2.45, 2.75) is 16.5 Å². The van der Waals surface area contributed by atoms with Crippen molar-refractivity contribution in [3.63, 3.8) is 0 Å². The van der Waals surface area contributed by atoms with Crippen molar-refractivity contribution in [1.29, 1.82) is 0 Å². The number of nitrogens with one attached hydrogen (secondary N) is 1. The maximum atomic E-state index is 11.6. The van der Waals surface area contributed by atoms with Gasteiger partial charge in [0.2, 0.25) is 0 Å². The van der Waals surface area contributed by atoms with Crippen LogP contribution in [0.25, 0.3) is 10.7 Å². The second-order valence-electron chi connectivity index (χ2n) is 6.18. The van der Waals surface area contributed by atoms with Gasteiger partial charge in [-0.1, -0.05) is 17.8 Å². The smallest absolute Gasteiger partial charge is 0.293 e. The summed E-state index contributed by atoms with van der Waals surface area (Å²) in [6.45, 7) is 0.502. The predicted molar refractivity (Wildman–Crippen MR) is 114 cm³/mol. The van der Waals surface area contributed by atoms with Gasteiger partial charge < -0.3 is 9.88 Å². The minimum absolute atomic E-state index is 0.0749. The van der Waals surface area contributed by atoms with E-state index in [1.807, 2.05) is 29.1 Å². The molecule has 1 aromatic carbocycles. The van der Waals surface area contributed by atoms with Gasteiger partial charge in [-0.05, 0) is 30.0 Å². The summed E-state index contributed by atoms with van der Waals surface area (Å²) in [6, 6.07) is 7.84. The molecular weight excluding hydrogens is 434 g/mol. The van der Waals surface area contributed by atoms with Crippen LogP contribution in [0.4, 0.5) is 11.4 Å². The van der Waals surface area contributed by atoms with Gasteiger partial charge in [0.25, 0.3) is 5.69 Å². The molecule has 29 heavy (non-hydrogen) atoms. The van der Waals surface area contributed by atoms with Gasteiger partial charge in [-0.2, -0.15) is 0 Å². The summed E-state index contributed by atoms with van der Waals surface area (Å²) in [5.74, 6) is 1.57. The van der Waals surface area contributed by atoms with Gasteiger partial charge in [-0.3, -0.25) is 10.1 Å². The van der Waals surface area contributed by atoms with Crippen LogP contribution >= 0.6 is 23.1 Å². The van der Waals surface area contributed by atoms with Crippen LogP contribution in [0.2, 0.25) is 0 Å². The zero-order valence-electron chi connectivity index (χ0n) is 15.7. The van der Waals surface area contributed by atoms with Crippen LogP contribution < -0.4 is 5.32 Å². The molecule has 0 spiro atoms. The first-order valence-electron chi connectivity index (χ1n) is 8.56. The maximum Gasteiger partial charge on any atom is 0.293 e. The van der Waals surface area contributed by atoms with Crippen LogP contribution in [0.5, 0.6) is 0 Å². The molecule has 0 atom stereocenters. The molecule has 3 rings (SSSR count). The third kappa shape index (κ3) is 5.14. The third-order valence-corrected chi connectivity index (χ3v) is 7.12. The summed E-state index contributed by atoms with van der Waals surface area (Å²) >= 11 is 3.16. The van der Waals surface area contributed by atoms with Crippen molar-refractivity contribution in [3.05, 3.63) is 45.8 Å². The minimum Gasteiger partial charge on any atom is -0.379 e. The van der Waals surface area contributed by atoms with E-state index in [1.54, 1.807) is 23.1 Å². The highest BCUT2D eigenvalue weighted by molar-refractivity contribution is 7.99. The highest BCUT2D eigenvalue weighted by Crippen LogP contribution is 2.28. The molecule has 0 unspecified atom stereocenters. The van der Waals surface area contributed by atoms with Gasteiger partial charge >= 0.3 is 0 Å². The van der Waals surface area contributed by atoms with Crippen molar-refractivity contribution in [3.8, 4) is 10.7 Å². The first-order valence-corrected chi connectivity index (χ1v) is 12.3. The lowest BCUT2D eigenvalue weighted by Gasteiger charge is -2.08. The number of hydrogen-bond donors (Lipinski definition) is 1. The fraction of sp³-hybridized carbons (Fsp3) is 0.294. The van der Waals surface area contributed by atoms with E-state index in [4.69, 9.17) is 0 Å². The molecule has 2 aromatic heterocycles. The average Bonchev–Trinajstić information content (AvgIpc) is 3.30. The highest BCUT2D eigenvalue weighted by Gasteiger charge is 2.18. The molecule has 0 saturated carbocycles. The van der Waals surface area contributed by atoms with E-state index in [2.05, 4.69) is 15.5 Å². The van der Waals surface area contributed by atoms with Crippen molar-refractivity contribution in [2.75, 3.05) is 23.9 Å². The number of aromatic nitrogens is 3. The van der Waals surface area contributed by atoms with E-state index in [1.165, 1.54) is 12.1 Å². The molecule has 0 amide bonds. The van der Waals surface area contributed by atoms with E-state index in [9.17, 15) is 18.5 Å². The number of rotatable bonds is 9. The quantitative estimate of drug-likeness (QED) is 0.226. The summed E-state index contributed by atoms with van der Waals surface area (Å²) in [5, 5.41) is 25.5. The Morgan fingerprint density at radius 1 is 1.31 bits per heavy atom. The van der Waals surface area contributed by atoms with Gasteiger partial charge in [-0.25, -0.2) is 8.42 Å². The molecule has 12 heteroatoms. The fourth-order valence-corrected chi connectivity index (χ4v) is 4.80.